The Balaban J connectivity index is 2.00. The van der Waals surface area contributed by atoms with E-state index in [1.807, 2.05) is 39.5 Å². The van der Waals surface area contributed by atoms with Crippen molar-refractivity contribution in [3.63, 3.8) is 0 Å². The summed E-state index contributed by atoms with van der Waals surface area (Å²) in [5.74, 6) is -0.00548. The topological polar surface area (TPSA) is 61.0 Å². The minimum atomic E-state index is -0.00548. The lowest BCUT2D eigenvalue weighted by Crippen LogP contribution is -2.34. The number of nitrogens with zero attached hydrogens (tertiary/aromatic N) is 2. The molecule has 0 bridgehead atoms. The van der Waals surface area contributed by atoms with Crippen molar-refractivity contribution in [2.24, 2.45) is 0 Å². The molecule has 0 saturated heterocycles. The zero-order valence-electron chi connectivity index (χ0n) is 17.5. The smallest absolute Gasteiger partial charge is 0.253 e. The van der Waals surface area contributed by atoms with E-state index in [4.69, 9.17) is 0 Å². The van der Waals surface area contributed by atoms with E-state index in [2.05, 4.69) is 52.2 Å². The molecule has 0 spiro atoms. The number of amides is 1. The molecule has 28 heavy (non-hydrogen) atoms. The predicted molar refractivity (Wildman–Crippen MR) is 115 cm³/mol. The van der Waals surface area contributed by atoms with E-state index in [1.54, 1.807) is 0 Å². The molecule has 148 valence electrons. The molecule has 0 fully saturated rings. The van der Waals surface area contributed by atoms with Crippen molar-refractivity contribution in [2.45, 2.75) is 46.2 Å². The van der Waals surface area contributed by atoms with Crippen LogP contribution in [-0.4, -0.2) is 40.9 Å². The molecular formula is C23H30N4O. The first-order chi connectivity index (χ1) is 13.4. The maximum Gasteiger partial charge on any atom is 0.253 e. The van der Waals surface area contributed by atoms with E-state index in [0.717, 1.165) is 52.7 Å². The Kier molecular flexibility index (Phi) is 6.15. The fraction of sp³-hybridized carbons (Fsp3) is 0.391. The molecule has 3 aromatic rings. The van der Waals surface area contributed by atoms with Gasteiger partial charge in [0.2, 0.25) is 0 Å². The van der Waals surface area contributed by atoms with Crippen molar-refractivity contribution >= 4 is 16.8 Å². The third-order valence-electron chi connectivity index (χ3n) is 5.16. The number of aromatic amines is 1. The summed E-state index contributed by atoms with van der Waals surface area (Å²) in [4.78, 5) is 22.8. The molecule has 1 aromatic carbocycles. The van der Waals surface area contributed by atoms with E-state index in [1.165, 1.54) is 5.56 Å². The van der Waals surface area contributed by atoms with Gasteiger partial charge in [-0.05, 0) is 63.2 Å². The van der Waals surface area contributed by atoms with E-state index in [9.17, 15) is 4.79 Å². The predicted octanol–water partition coefficient (Wildman–Crippen LogP) is 4.52. The van der Waals surface area contributed by atoms with Gasteiger partial charge in [-0.15, -0.1) is 0 Å². The van der Waals surface area contributed by atoms with Crippen LogP contribution >= 0.6 is 0 Å². The molecule has 2 aromatic heterocycles. The number of hydrogen-bond acceptors (Lipinski definition) is 3. The van der Waals surface area contributed by atoms with Gasteiger partial charge in [-0.25, -0.2) is 0 Å². The molecule has 0 aliphatic heterocycles. The molecule has 0 saturated carbocycles. The van der Waals surface area contributed by atoms with Gasteiger partial charge in [-0.1, -0.05) is 19.9 Å². The lowest BCUT2D eigenvalue weighted by Gasteiger charge is -2.15. The Morgan fingerprint density at radius 2 is 1.89 bits per heavy atom. The van der Waals surface area contributed by atoms with Crippen molar-refractivity contribution in [1.29, 1.82) is 0 Å². The summed E-state index contributed by atoms with van der Waals surface area (Å²) >= 11 is 0. The summed E-state index contributed by atoms with van der Waals surface area (Å²) in [6, 6.07) is 8.59. The second kappa shape index (κ2) is 8.57. The van der Waals surface area contributed by atoms with Gasteiger partial charge in [-0.3, -0.25) is 9.78 Å². The number of benzene rings is 1. The summed E-state index contributed by atoms with van der Waals surface area (Å²) < 4.78 is 0. The quantitative estimate of drug-likeness (QED) is 0.635. The fourth-order valence-electron chi connectivity index (χ4n) is 3.65. The molecule has 3 rings (SSSR count). The van der Waals surface area contributed by atoms with Crippen LogP contribution in [0, 0.1) is 6.92 Å². The van der Waals surface area contributed by atoms with Crippen molar-refractivity contribution in [3.05, 3.63) is 53.5 Å². The lowest BCUT2D eigenvalue weighted by atomic mass is 10.0. The normalized spacial score (nSPS) is 11.5. The van der Waals surface area contributed by atoms with E-state index >= 15 is 0 Å². The van der Waals surface area contributed by atoms with Crippen molar-refractivity contribution in [2.75, 3.05) is 14.1 Å². The zero-order valence-corrected chi connectivity index (χ0v) is 17.5. The first-order valence-electron chi connectivity index (χ1n) is 9.95. The SMILES string of the molecule is CCC(CC)NC(=O)c1c(C)[nH]c2ccc(-c3cncc(CN(C)C)c3)cc12. The third kappa shape index (κ3) is 4.25. The van der Waals surface area contributed by atoms with Crippen LogP contribution in [0.5, 0.6) is 0 Å². The first kappa shape index (κ1) is 20.1. The number of pyridine rings is 1. The molecule has 0 unspecified atom stereocenters. The number of nitrogens with one attached hydrogen (secondary N) is 2. The molecule has 1 amide bonds. The molecule has 0 aliphatic carbocycles. The Morgan fingerprint density at radius 3 is 2.57 bits per heavy atom. The molecule has 2 heterocycles. The minimum absolute atomic E-state index is 0.00548. The van der Waals surface area contributed by atoms with Crippen molar-refractivity contribution < 1.29 is 4.79 Å². The maximum atomic E-state index is 12.9. The van der Waals surface area contributed by atoms with Crippen LogP contribution in [-0.2, 0) is 6.54 Å². The fourth-order valence-corrected chi connectivity index (χ4v) is 3.65. The number of H-pyrrole nitrogens is 1. The van der Waals surface area contributed by atoms with Crippen molar-refractivity contribution in [3.8, 4) is 11.1 Å². The molecule has 5 heteroatoms. The van der Waals surface area contributed by atoms with Crippen LogP contribution < -0.4 is 5.32 Å². The number of fused-ring (bicyclic) bond motifs is 1. The largest absolute Gasteiger partial charge is 0.358 e. The highest BCUT2D eigenvalue weighted by Gasteiger charge is 2.18. The average Bonchev–Trinajstić information content (AvgIpc) is 3.00. The molecule has 0 aliphatic rings. The summed E-state index contributed by atoms with van der Waals surface area (Å²) in [6.45, 7) is 7.00. The summed E-state index contributed by atoms with van der Waals surface area (Å²) in [5, 5.41) is 4.12. The Morgan fingerprint density at radius 1 is 1.14 bits per heavy atom. The summed E-state index contributed by atoms with van der Waals surface area (Å²) in [5.41, 5.74) is 5.91. The van der Waals surface area contributed by atoms with Gasteiger partial charge in [0.1, 0.15) is 0 Å². The van der Waals surface area contributed by atoms with Crippen LogP contribution in [0.3, 0.4) is 0 Å². The lowest BCUT2D eigenvalue weighted by molar-refractivity contribution is 0.0936. The third-order valence-corrected chi connectivity index (χ3v) is 5.16. The van der Waals surface area contributed by atoms with Crippen LogP contribution in [0.4, 0.5) is 0 Å². The molecule has 0 radical (unpaired) electrons. The molecule has 0 atom stereocenters. The highest BCUT2D eigenvalue weighted by Crippen LogP contribution is 2.28. The van der Waals surface area contributed by atoms with Crippen LogP contribution in [0.1, 0.15) is 48.3 Å². The first-order valence-corrected chi connectivity index (χ1v) is 9.95. The molecular weight excluding hydrogens is 348 g/mol. The number of aromatic nitrogens is 2. The maximum absolute atomic E-state index is 12.9. The second-order valence-electron chi connectivity index (χ2n) is 7.69. The summed E-state index contributed by atoms with van der Waals surface area (Å²) in [6.07, 6.45) is 5.64. The number of carbonyl (C=O) groups is 1. The van der Waals surface area contributed by atoms with Crippen LogP contribution in [0.25, 0.3) is 22.0 Å². The minimum Gasteiger partial charge on any atom is -0.358 e. The van der Waals surface area contributed by atoms with E-state index < -0.39 is 0 Å². The number of hydrogen-bond donors (Lipinski definition) is 2. The Hall–Kier alpha value is -2.66. The van der Waals surface area contributed by atoms with Crippen LogP contribution in [0.2, 0.25) is 0 Å². The van der Waals surface area contributed by atoms with Crippen molar-refractivity contribution in [1.82, 2.24) is 20.2 Å². The van der Waals surface area contributed by atoms with Gasteiger partial charge >= 0.3 is 0 Å². The van der Waals surface area contributed by atoms with Gasteiger partial charge in [0.15, 0.2) is 0 Å². The van der Waals surface area contributed by atoms with Crippen LogP contribution in [0.15, 0.2) is 36.7 Å². The monoisotopic (exact) mass is 378 g/mol. The molecule has 5 nitrogen and oxygen atoms in total. The second-order valence-corrected chi connectivity index (χ2v) is 7.69. The highest BCUT2D eigenvalue weighted by atomic mass is 16.1. The Labute approximate surface area is 167 Å². The van der Waals surface area contributed by atoms with E-state index in [-0.39, 0.29) is 11.9 Å². The van der Waals surface area contributed by atoms with Gasteiger partial charge in [0, 0.05) is 47.1 Å². The zero-order chi connectivity index (χ0) is 20.3. The van der Waals surface area contributed by atoms with Gasteiger partial charge in [0.25, 0.3) is 5.91 Å². The van der Waals surface area contributed by atoms with Gasteiger partial charge < -0.3 is 15.2 Å². The molecule has 2 N–H and O–H groups in total. The Bertz CT molecular complexity index is 970. The van der Waals surface area contributed by atoms with Gasteiger partial charge in [0.05, 0.1) is 5.56 Å². The number of aryl methyl sites for hydroxylation is 1. The standard InChI is InChI=1S/C23H30N4O/c1-6-19(7-2)26-23(28)22-15(3)25-21-9-8-17(11-20(21)22)18-10-16(12-24-13-18)14-27(4)5/h8-13,19,25H,6-7,14H2,1-5H3,(H,26,28). The number of rotatable bonds is 7. The highest BCUT2D eigenvalue weighted by molar-refractivity contribution is 6.09. The summed E-state index contributed by atoms with van der Waals surface area (Å²) in [7, 11) is 4.10. The van der Waals surface area contributed by atoms with E-state index in [0.29, 0.717) is 0 Å². The average molecular weight is 379 g/mol. The number of carbonyl (C=O) groups excluding carboxylic acids is 1. The van der Waals surface area contributed by atoms with Gasteiger partial charge in [-0.2, -0.15) is 0 Å².